The molecule has 18 heavy (non-hydrogen) atoms. The number of aromatic nitrogens is 2. The fourth-order valence-electron chi connectivity index (χ4n) is 1.91. The second-order valence-corrected chi connectivity index (χ2v) is 4.66. The van der Waals surface area contributed by atoms with E-state index in [0.717, 1.165) is 11.0 Å². The first-order chi connectivity index (χ1) is 8.49. The molecule has 1 aromatic heterocycles. The molecule has 4 N–H and O–H groups in total. The zero-order chi connectivity index (χ0) is 13.3. The molecular weight excluding hydrogens is 228 g/mol. The van der Waals surface area contributed by atoms with Crippen molar-refractivity contribution in [3.8, 4) is 0 Å². The first-order valence-corrected chi connectivity index (χ1v) is 5.96. The van der Waals surface area contributed by atoms with Crippen molar-refractivity contribution in [2.24, 2.45) is 11.5 Å². The molecule has 0 aliphatic heterocycles. The quantitative estimate of drug-likeness (QED) is 0.838. The Hall–Kier alpha value is -1.88. The van der Waals surface area contributed by atoms with Crippen LogP contribution in [-0.4, -0.2) is 21.5 Å². The van der Waals surface area contributed by atoms with Crippen LogP contribution in [0.25, 0.3) is 11.0 Å². The van der Waals surface area contributed by atoms with Crippen LogP contribution in [0.1, 0.15) is 17.5 Å². The fourth-order valence-corrected chi connectivity index (χ4v) is 1.91. The predicted octanol–water partition coefficient (Wildman–Crippen LogP) is 0.856. The van der Waals surface area contributed by atoms with E-state index in [9.17, 15) is 4.79 Å². The van der Waals surface area contributed by atoms with E-state index in [1.807, 2.05) is 4.57 Å². The Bertz CT molecular complexity index is 588. The van der Waals surface area contributed by atoms with Crippen molar-refractivity contribution in [3.05, 3.63) is 29.6 Å². The van der Waals surface area contributed by atoms with E-state index in [-0.39, 0.29) is 0 Å². The summed E-state index contributed by atoms with van der Waals surface area (Å²) in [4.78, 5) is 15.2. The van der Waals surface area contributed by atoms with Gasteiger partial charge in [-0.1, -0.05) is 0 Å². The highest BCUT2D eigenvalue weighted by atomic mass is 16.1. The van der Waals surface area contributed by atoms with Gasteiger partial charge in [0.15, 0.2) is 0 Å². The zero-order valence-corrected chi connectivity index (χ0v) is 10.7. The Labute approximate surface area is 106 Å². The monoisotopic (exact) mass is 246 g/mol. The van der Waals surface area contributed by atoms with Crippen molar-refractivity contribution in [1.29, 1.82) is 0 Å². The average Bonchev–Trinajstić information content (AvgIpc) is 2.69. The zero-order valence-electron chi connectivity index (χ0n) is 10.7. The van der Waals surface area contributed by atoms with Crippen molar-refractivity contribution in [1.82, 2.24) is 9.55 Å². The molecule has 2 aromatic rings. The average molecular weight is 246 g/mol. The van der Waals surface area contributed by atoms with E-state index >= 15 is 0 Å². The summed E-state index contributed by atoms with van der Waals surface area (Å²) in [6.07, 6.45) is 2.30. The number of hydrogen-bond acceptors (Lipinski definition) is 3. The van der Waals surface area contributed by atoms with Crippen LogP contribution in [0.5, 0.6) is 0 Å². The summed E-state index contributed by atoms with van der Waals surface area (Å²) in [7, 11) is 0. The number of carbonyl (C=O) groups excluding carboxylic acids is 1. The minimum Gasteiger partial charge on any atom is -0.368 e. The number of benzene rings is 1. The van der Waals surface area contributed by atoms with Gasteiger partial charge in [-0.2, -0.15) is 0 Å². The van der Waals surface area contributed by atoms with Crippen LogP contribution >= 0.6 is 0 Å². The molecule has 5 heteroatoms. The summed E-state index contributed by atoms with van der Waals surface area (Å²) in [5.74, 6) is -0.466. The number of amides is 1. The Kier molecular flexibility index (Phi) is 3.34. The number of rotatable bonds is 4. The highest BCUT2D eigenvalue weighted by Gasteiger charge is 2.10. The van der Waals surface area contributed by atoms with Crippen molar-refractivity contribution >= 4 is 16.9 Å². The van der Waals surface area contributed by atoms with E-state index in [2.05, 4.69) is 31.0 Å². The van der Waals surface area contributed by atoms with Gasteiger partial charge >= 0.3 is 0 Å². The lowest BCUT2D eigenvalue weighted by atomic mass is 10.1. The van der Waals surface area contributed by atoms with Gasteiger partial charge in [-0.25, -0.2) is 4.98 Å². The van der Waals surface area contributed by atoms with Gasteiger partial charge in [0.1, 0.15) is 0 Å². The van der Waals surface area contributed by atoms with E-state index in [4.69, 9.17) is 11.5 Å². The molecule has 5 nitrogen and oxygen atoms in total. The Balaban J connectivity index is 2.24. The Morgan fingerprint density at radius 1 is 1.39 bits per heavy atom. The molecule has 1 unspecified atom stereocenters. The second kappa shape index (κ2) is 4.78. The highest BCUT2D eigenvalue weighted by molar-refractivity contribution is 5.79. The van der Waals surface area contributed by atoms with Crippen LogP contribution in [0, 0.1) is 13.8 Å². The third-order valence-electron chi connectivity index (χ3n) is 3.28. The number of fused-ring (bicyclic) bond motifs is 1. The van der Waals surface area contributed by atoms with E-state index in [1.165, 1.54) is 11.1 Å². The summed E-state index contributed by atoms with van der Waals surface area (Å²) in [5, 5.41) is 0. The molecule has 0 saturated heterocycles. The molecule has 1 heterocycles. The van der Waals surface area contributed by atoms with E-state index in [0.29, 0.717) is 13.0 Å². The molecular formula is C13H18N4O. The molecule has 0 bridgehead atoms. The van der Waals surface area contributed by atoms with Crippen molar-refractivity contribution < 1.29 is 4.79 Å². The third-order valence-corrected chi connectivity index (χ3v) is 3.28. The molecule has 1 atom stereocenters. The largest absolute Gasteiger partial charge is 0.368 e. The number of hydrogen-bond donors (Lipinski definition) is 2. The fraction of sp³-hybridized carbons (Fsp3) is 0.385. The third kappa shape index (κ3) is 2.36. The summed E-state index contributed by atoms with van der Waals surface area (Å²) in [5.41, 5.74) is 15.2. The SMILES string of the molecule is Cc1cc2ncn(CCC(N)C(N)=O)c2cc1C. The molecule has 1 amide bonds. The smallest absolute Gasteiger partial charge is 0.234 e. The van der Waals surface area contributed by atoms with E-state index < -0.39 is 11.9 Å². The first-order valence-electron chi connectivity index (χ1n) is 5.96. The molecule has 0 aliphatic carbocycles. The van der Waals surface area contributed by atoms with Crippen molar-refractivity contribution in [2.45, 2.75) is 32.9 Å². The van der Waals surface area contributed by atoms with Crippen LogP contribution in [-0.2, 0) is 11.3 Å². The van der Waals surface area contributed by atoms with Gasteiger partial charge in [0.25, 0.3) is 0 Å². The van der Waals surface area contributed by atoms with Crippen molar-refractivity contribution in [2.75, 3.05) is 0 Å². The van der Waals surface area contributed by atoms with Gasteiger partial charge in [0.05, 0.1) is 23.4 Å². The number of imidazole rings is 1. The lowest BCUT2D eigenvalue weighted by molar-refractivity contribution is -0.119. The molecule has 0 fully saturated rings. The van der Waals surface area contributed by atoms with Gasteiger partial charge in [-0.15, -0.1) is 0 Å². The Morgan fingerprint density at radius 3 is 2.72 bits per heavy atom. The second-order valence-electron chi connectivity index (χ2n) is 4.66. The van der Waals surface area contributed by atoms with Gasteiger partial charge in [0, 0.05) is 6.54 Å². The van der Waals surface area contributed by atoms with Gasteiger partial charge < -0.3 is 16.0 Å². The summed E-state index contributed by atoms with van der Waals surface area (Å²) in [6.45, 7) is 4.78. The summed E-state index contributed by atoms with van der Waals surface area (Å²) < 4.78 is 2.00. The van der Waals surface area contributed by atoms with Crippen LogP contribution in [0.3, 0.4) is 0 Å². The summed E-state index contributed by atoms with van der Waals surface area (Å²) >= 11 is 0. The number of primary amides is 1. The van der Waals surface area contributed by atoms with Crippen LogP contribution < -0.4 is 11.5 Å². The van der Waals surface area contributed by atoms with Gasteiger partial charge in [0.2, 0.25) is 5.91 Å². The number of aryl methyl sites for hydroxylation is 3. The predicted molar refractivity (Wildman–Crippen MR) is 71.0 cm³/mol. The molecule has 2 rings (SSSR count). The molecule has 0 spiro atoms. The van der Waals surface area contributed by atoms with Crippen LogP contribution in [0.15, 0.2) is 18.5 Å². The normalized spacial score (nSPS) is 12.8. The van der Waals surface area contributed by atoms with Crippen LogP contribution in [0.4, 0.5) is 0 Å². The lowest BCUT2D eigenvalue weighted by Gasteiger charge is -2.09. The maximum absolute atomic E-state index is 10.9. The Morgan fingerprint density at radius 2 is 2.06 bits per heavy atom. The number of nitrogens with zero attached hydrogens (tertiary/aromatic N) is 2. The topological polar surface area (TPSA) is 86.9 Å². The molecule has 0 saturated carbocycles. The minimum atomic E-state index is -0.603. The number of carbonyl (C=O) groups is 1. The lowest BCUT2D eigenvalue weighted by Crippen LogP contribution is -2.37. The van der Waals surface area contributed by atoms with Gasteiger partial charge in [-0.3, -0.25) is 4.79 Å². The molecule has 1 aromatic carbocycles. The molecule has 0 radical (unpaired) electrons. The number of nitrogens with two attached hydrogens (primary N) is 2. The standard InChI is InChI=1S/C13H18N4O/c1-8-5-11-12(6-9(8)2)17(7-16-11)4-3-10(14)13(15)18/h5-7,10H,3-4,14H2,1-2H3,(H2,15,18). The van der Waals surface area contributed by atoms with Crippen LogP contribution in [0.2, 0.25) is 0 Å². The maximum atomic E-state index is 10.9. The highest BCUT2D eigenvalue weighted by Crippen LogP contribution is 2.18. The van der Waals surface area contributed by atoms with Crippen molar-refractivity contribution in [3.63, 3.8) is 0 Å². The maximum Gasteiger partial charge on any atom is 0.234 e. The molecule has 96 valence electrons. The first kappa shape index (κ1) is 12.6. The van der Waals surface area contributed by atoms with E-state index in [1.54, 1.807) is 6.33 Å². The molecule has 0 aliphatic rings. The van der Waals surface area contributed by atoms with Gasteiger partial charge in [-0.05, 0) is 43.5 Å². The summed E-state index contributed by atoms with van der Waals surface area (Å²) in [6, 6.07) is 3.57. The minimum absolute atomic E-state index is 0.466.